The second kappa shape index (κ2) is 10.9. The fourth-order valence-corrected chi connectivity index (χ4v) is 4.56. The lowest BCUT2D eigenvalue weighted by Gasteiger charge is -2.30. The van der Waals surface area contributed by atoms with Crippen molar-refractivity contribution in [1.82, 2.24) is 25.8 Å². The smallest absolute Gasteiger partial charge is 0.288 e. The van der Waals surface area contributed by atoms with Gasteiger partial charge in [0.2, 0.25) is 11.8 Å². The number of amides is 1. The Hall–Kier alpha value is -3.37. The first kappa shape index (κ1) is 24.7. The highest BCUT2D eigenvalue weighted by Crippen LogP contribution is 2.30. The lowest BCUT2D eigenvalue weighted by Crippen LogP contribution is -2.49. The summed E-state index contributed by atoms with van der Waals surface area (Å²) < 4.78 is 27.5. The summed E-state index contributed by atoms with van der Waals surface area (Å²) in [5.41, 5.74) is 9.56. The number of aliphatic hydroxyl groups excluding tert-OH is 1. The van der Waals surface area contributed by atoms with Crippen molar-refractivity contribution in [3.63, 3.8) is 0 Å². The third-order valence-corrected chi connectivity index (χ3v) is 6.38. The van der Waals surface area contributed by atoms with Crippen molar-refractivity contribution in [2.75, 3.05) is 12.3 Å². The predicted molar refractivity (Wildman–Crippen MR) is 128 cm³/mol. The van der Waals surface area contributed by atoms with Crippen LogP contribution in [0.25, 0.3) is 0 Å². The highest BCUT2D eigenvalue weighted by molar-refractivity contribution is 5.90. The number of nitrogens with zero attached hydrogens (tertiary/aromatic N) is 2. The van der Waals surface area contributed by atoms with Crippen LogP contribution in [0.2, 0.25) is 0 Å². The molecule has 0 saturated carbocycles. The SMILES string of the molecule is CCc1ccc2c(c1)C(NCC(O)C(Cc1cc(F)cc(F)c1)NC(=O)c1nc(N)n[nH]1)CCC2. The van der Waals surface area contributed by atoms with Crippen molar-refractivity contribution in [3.8, 4) is 0 Å². The van der Waals surface area contributed by atoms with Crippen LogP contribution in [0.4, 0.5) is 14.7 Å². The standard InChI is InChI=1S/C25H30F2N6O2/c1-2-14-6-7-16-4-3-5-20(19(16)10-14)29-13-22(34)21(11-15-8-17(26)12-18(27)9-15)30-24(35)23-31-25(28)33-32-23/h6-10,12,20-22,29,34H,2-5,11,13H2,1H3,(H,30,35)(H3,28,31,32,33). The Morgan fingerprint density at radius 2 is 2.00 bits per heavy atom. The van der Waals surface area contributed by atoms with Crippen molar-refractivity contribution in [2.24, 2.45) is 0 Å². The summed E-state index contributed by atoms with van der Waals surface area (Å²) in [5.74, 6) is -2.31. The summed E-state index contributed by atoms with van der Waals surface area (Å²) in [6.45, 7) is 2.28. The number of benzene rings is 2. The first-order valence-electron chi connectivity index (χ1n) is 11.8. The highest BCUT2D eigenvalue weighted by Gasteiger charge is 2.27. The summed E-state index contributed by atoms with van der Waals surface area (Å²) >= 11 is 0. The van der Waals surface area contributed by atoms with Crippen molar-refractivity contribution >= 4 is 11.9 Å². The van der Waals surface area contributed by atoms with Crippen molar-refractivity contribution in [2.45, 2.75) is 57.2 Å². The molecule has 0 radical (unpaired) electrons. The summed E-state index contributed by atoms with van der Waals surface area (Å²) in [5, 5.41) is 23.2. The third kappa shape index (κ3) is 6.20. The van der Waals surface area contributed by atoms with E-state index in [4.69, 9.17) is 5.73 Å². The van der Waals surface area contributed by atoms with Crippen LogP contribution in [0.3, 0.4) is 0 Å². The van der Waals surface area contributed by atoms with E-state index in [-0.39, 0.29) is 30.8 Å². The van der Waals surface area contributed by atoms with E-state index < -0.39 is 29.7 Å². The minimum atomic E-state index is -1.05. The second-order valence-corrected chi connectivity index (χ2v) is 8.91. The third-order valence-electron chi connectivity index (χ3n) is 6.38. The zero-order chi connectivity index (χ0) is 24.9. The molecular weight excluding hydrogens is 454 g/mol. The molecule has 6 N–H and O–H groups in total. The molecule has 4 rings (SSSR count). The average molecular weight is 485 g/mol. The number of fused-ring (bicyclic) bond motifs is 1. The molecule has 1 aliphatic rings. The number of H-pyrrole nitrogens is 1. The Morgan fingerprint density at radius 3 is 2.69 bits per heavy atom. The molecule has 1 aliphatic carbocycles. The number of aromatic amines is 1. The summed E-state index contributed by atoms with van der Waals surface area (Å²) in [6.07, 6.45) is 2.87. The molecule has 3 aromatic rings. The molecule has 1 aromatic heterocycles. The molecular formula is C25H30F2N6O2. The van der Waals surface area contributed by atoms with Crippen molar-refractivity contribution < 1.29 is 18.7 Å². The largest absolute Gasteiger partial charge is 0.390 e. The molecule has 10 heteroatoms. The monoisotopic (exact) mass is 484 g/mol. The van der Waals surface area contributed by atoms with Gasteiger partial charge in [-0.3, -0.25) is 9.89 Å². The van der Waals surface area contributed by atoms with Crippen LogP contribution in [0, 0.1) is 11.6 Å². The van der Waals surface area contributed by atoms with E-state index in [1.54, 1.807) is 0 Å². The van der Waals surface area contributed by atoms with Crippen LogP contribution < -0.4 is 16.4 Å². The van der Waals surface area contributed by atoms with E-state index in [0.717, 1.165) is 31.7 Å². The van der Waals surface area contributed by atoms with E-state index in [9.17, 15) is 18.7 Å². The minimum Gasteiger partial charge on any atom is -0.390 e. The summed E-state index contributed by atoms with van der Waals surface area (Å²) in [4.78, 5) is 16.5. The van der Waals surface area contributed by atoms with Gasteiger partial charge in [0.05, 0.1) is 12.1 Å². The molecule has 1 heterocycles. The fourth-order valence-electron chi connectivity index (χ4n) is 4.56. The van der Waals surface area contributed by atoms with E-state index in [1.807, 2.05) is 0 Å². The number of nitrogen functional groups attached to an aromatic ring is 1. The normalized spacial score (nSPS) is 17.0. The van der Waals surface area contributed by atoms with Gasteiger partial charge in [0.1, 0.15) is 11.6 Å². The lowest BCUT2D eigenvalue weighted by molar-refractivity contribution is 0.0814. The van der Waals surface area contributed by atoms with E-state index in [2.05, 4.69) is 50.9 Å². The quantitative estimate of drug-likeness (QED) is 0.318. The van der Waals surface area contributed by atoms with Crippen molar-refractivity contribution in [3.05, 3.63) is 76.1 Å². The molecule has 8 nitrogen and oxygen atoms in total. The fraction of sp³-hybridized carbons (Fsp3) is 0.400. The molecule has 0 bridgehead atoms. The number of hydrogen-bond donors (Lipinski definition) is 5. The molecule has 1 amide bonds. The zero-order valence-electron chi connectivity index (χ0n) is 19.5. The van der Waals surface area contributed by atoms with Crippen LogP contribution in [-0.2, 0) is 19.3 Å². The first-order valence-corrected chi connectivity index (χ1v) is 11.8. The highest BCUT2D eigenvalue weighted by atomic mass is 19.1. The zero-order valence-corrected chi connectivity index (χ0v) is 19.5. The Labute approximate surface area is 202 Å². The van der Waals surface area contributed by atoms with Gasteiger partial charge in [-0.15, -0.1) is 5.10 Å². The molecule has 35 heavy (non-hydrogen) atoms. The number of aryl methyl sites for hydroxylation is 2. The van der Waals surface area contributed by atoms with E-state index in [1.165, 1.54) is 28.8 Å². The number of carbonyl (C=O) groups excluding carboxylic acids is 1. The Morgan fingerprint density at radius 1 is 1.23 bits per heavy atom. The average Bonchev–Trinajstić information content (AvgIpc) is 3.27. The maximum Gasteiger partial charge on any atom is 0.288 e. The van der Waals surface area contributed by atoms with Gasteiger partial charge in [-0.2, -0.15) is 4.98 Å². The van der Waals surface area contributed by atoms with Crippen LogP contribution in [-0.4, -0.2) is 44.9 Å². The minimum absolute atomic E-state index is 0.00806. The number of anilines is 1. The van der Waals surface area contributed by atoms with Gasteiger partial charge in [-0.05, 0) is 66.5 Å². The molecule has 0 fully saturated rings. The maximum atomic E-state index is 13.8. The molecule has 3 atom stereocenters. The van der Waals surface area contributed by atoms with Gasteiger partial charge in [0.15, 0.2) is 0 Å². The van der Waals surface area contributed by atoms with E-state index in [0.29, 0.717) is 5.56 Å². The topological polar surface area (TPSA) is 129 Å². The number of nitrogens with two attached hydrogens (primary N) is 1. The van der Waals surface area contributed by atoms with Gasteiger partial charge < -0.3 is 21.5 Å². The van der Waals surface area contributed by atoms with Gasteiger partial charge in [0, 0.05) is 18.7 Å². The number of nitrogens with one attached hydrogen (secondary N) is 3. The number of hydrogen-bond acceptors (Lipinski definition) is 6. The number of aliphatic hydroxyl groups is 1. The molecule has 186 valence electrons. The van der Waals surface area contributed by atoms with Gasteiger partial charge in [-0.25, -0.2) is 8.78 Å². The lowest BCUT2D eigenvalue weighted by atomic mass is 9.86. The van der Waals surface area contributed by atoms with Crippen molar-refractivity contribution in [1.29, 1.82) is 0 Å². The first-order chi connectivity index (χ1) is 16.8. The molecule has 3 unspecified atom stereocenters. The number of aromatic nitrogens is 3. The van der Waals surface area contributed by atoms with Gasteiger partial charge >= 0.3 is 0 Å². The Kier molecular flexibility index (Phi) is 7.72. The number of halogens is 2. The van der Waals surface area contributed by atoms with Crippen LogP contribution in [0.1, 0.15) is 58.7 Å². The number of rotatable bonds is 9. The van der Waals surface area contributed by atoms with Crippen LogP contribution in [0.5, 0.6) is 0 Å². The molecule has 0 spiro atoms. The van der Waals surface area contributed by atoms with Crippen LogP contribution >= 0.6 is 0 Å². The van der Waals surface area contributed by atoms with Gasteiger partial charge in [0.25, 0.3) is 5.91 Å². The summed E-state index contributed by atoms with van der Waals surface area (Å²) in [7, 11) is 0. The molecule has 2 aromatic carbocycles. The van der Waals surface area contributed by atoms with E-state index >= 15 is 0 Å². The number of carbonyl (C=O) groups is 1. The Bertz CT molecular complexity index is 1160. The Balaban J connectivity index is 1.50. The molecule has 0 saturated heterocycles. The summed E-state index contributed by atoms with van der Waals surface area (Å²) in [6, 6.07) is 8.87. The molecule has 0 aliphatic heterocycles. The predicted octanol–water partition coefficient (Wildman–Crippen LogP) is 2.60. The second-order valence-electron chi connectivity index (χ2n) is 8.91. The maximum absolute atomic E-state index is 13.8. The van der Waals surface area contributed by atoms with Gasteiger partial charge in [-0.1, -0.05) is 25.1 Å². The van der Waals surface area contributed by atoms with Crippen LogP contribution in [0.15, 0.2) is 36.4 Å².